The number of fused-ring (bicyclic) bond motifs is 2. The summed E-state index contributed by atoms with van der Waals surface area (Å²) in [6.45, 7) is 3.21. The Morgan fingerprint density at radius 3 is 2.72 bits per heavy atom. The molecule has 4 amide bonds. The first-order valence-corrected chi connectivity index (χ1v) is 9.50. The summed E-state index contributed by atoms with van der Waals surface area (Å²) in [4.78, 5) is 53.7. The van der Waals surface area contributed by atoms with Crippen LogP contribution < -0.4 is 16.2 Å². The molecule has 1 aliphatic carbocycles. The average Bonchev–Trinajstić information content (AvgIpc) is 3.14. The number of aromatic amines is 1. The minimum Gasteiger partial charge on any atom is -0.350 e. The van der Waals surface area contributed by atoms with Crippen LogP contribution in [0.25, 0.3) is 0 Å². The van der Waals surface area contributed by atoms with E-state index in [0.717, 1.165) is 27.3 Å². The topological polar surface area (TPSA) is 111 Å². The van der Waals surface area contributed by atoms with Crippen LogP contribution in [0.15, 0.2) is 35.1 Å². The van der Waals surface area contributed by atoms with Gasteiger partial charge in [0.05, 0.1) is 0 Å². The van der Waals surface area contributed by atoms with Gasteiger partial charge in [-0.2, -0.15) is 0 Å². The molecule has 0 saturated carbocycles. The van der Waals surface area contributed by atoms with Crippen molar-refractivity contribution in [3.63, 3.8) is 0 Å². The third kappa shape index (κ3) is 3.10. The zero-order chi connectivity index (χ0) is 20.8. The summed E-state index contributed by atoms with van der Waals surface area (Å²) in [7, 11) is 0. The van der Waals surface area contributed by atoms with Gasteiger partial charge in [-0.05, 0) is 49.4 Å². The van der Waals surface area contributed by atoms with Crippen molar-refractivity contribution >= 4 is 17.8 Å². The van der Waals surface area contributed by atoms with Gasteiger partial charge in [0.15, 0.2) is 0 Å². The summed E-state index contributed by atoms with van der Waals surface area (Å²) in [6.07, 6.45) is 1.17. The summed E-state index contributed by atoms with van der Waals surface area (Å²) in [6, 6.07) is 8.77. The number of benzene rings is 1. The quantitative estimate of drug-likeness (QED) is 0.672. The van der Waals surface area contributed by atoms with Gasteiger partial charge in [-0.1, -0.05) is 24.3 Å². The van der Waals surface area contributed by atoms with Crippen LogP contribution in [0.2, 0.25) is 0 Å². The summed E-state index contributed by atoms with van der Waals surface area (Å²) in [5.41, 5.74) is 2.43. The number of nitrogens with one attached hydrogen (secondary N) is 3. The Kier molecular flexibility index (Phi) is 4.49. The lowest BCUT2D eigenvalue weighted by atomic mass is 9.92. The van der Waals surface area contributed by atoms with E-state index in [-0.39, 0.29) is 12.1 Å². The lowest BCUT2D eigenvalue weighted by molar-refractivity contribution is -0.135. The van der Waals surface area contributed by atoms with Crippen LogP contribution in [0.5, 0.6) is 0 Å². The van der Waals surface area contributed by atoms with Gasteiger partial charge < -0.3 is 15.6 Å². The first-order valence-electron chi connectivity index (χ1n) is 9.50. The molecule has 3 N–H and O–H groups in total. The van der Waals surface area contributed by atoms with Gasteiger partial charge in [-0.25, -0.2) is 4.79 Å². The second-order valence-corrected chi connectivity index (χ2v) is 7.60. The van der Waals surface area contributed by atoms with Crippen molar-refractivity contribution in [3.8, 4) is 0 Å². The summed E-state index contributed by atoms with van der Waals surface area (Å²) in [5, 5.41) is 5.42. The van der Waals surface area contributed by atoms with Crippen LogP contribution in [0.1, 0.15) is 34.4 Å². The molecule has 1 unspecified atom stereocenters. The third-order valence-corrected chi connectivity index (χ3v) is 5.68. The predicted molar refractivity (Wildman–Crippen MR) is 105 cm³/mol. The largest absolute Gasteiger partial charge is 0.350 e. The average molecular weight is 394 g/mol. The van der Waals surface area contributed by atoms with Gasteiger partial charge in [0.1, 0.15) is 12.1 Å². The Hall–Kier alpha value is -3.42. The van der Waals surface area contributed by atoms with Crippen molar-refractivity contribution < 1.29 is 14.4 Å². The minimum absolute atomic E-state index is 0.0257. The molecule has 8 heteroatoms. The summed E-state index contributed by atoms with van der Waals surface area (Å²) < 4.78 is 0. The fourth-order valence-corrected chi connectivity index (χ4v) is 4.22. The highest BCUT2D eigenvalue weighted by Crippen LogP contribution is 2.41. The molecule has 29 heavy (non-hydrogen) atoms. The maximum absolute atomic E-state index is 13.1. The lowest BCUT2D eigenvalue weighted by Gasteiger charge is -2.22. The van der Waals surface area contributed by atoms with Gasteiger partial charge in [0, 0.05) is 17.8 Å². The van der Waals surface area contributed by atoms with Crippen molar-refractivity contribution in [3.05, 3.63) is 68.6 Å². The molecular weight excluding hydrogens is 372 g/mol. The van der Waals surface area contributed by atoms with E-state index < -0.39 is 29.9 Å². The summed E-state index contributed by atoms with van der Waals surface area (Å²) in [5.74, 6) is -0.914. The Labute approximate surface area is 167 Å². The Balaban J connectivity index is 1.47. The third-order valence-electron chi connectivity index (χ3n) is 5.68. The number of pyridine rings is 1. The Bertz CT molecular complexity index is 1090. The number of aromatic nitrogens is 1. The van der Waals surface area contributed by atoms with Gasteiger partial charge in [-0.3, -0.25) is 19.3 Å². The highest BCUT2D eigenvalue weighted by atomic mass is 16.2. The van der Waals surface area contributed by atoms with E-state index in [9.17, 15) is 19.2 Å². The monoisotopic (exact) mass is 394 g/mol. The number of rotatable bonds is 4. The minimum atomic E-state index is -1.08. The number of aryl methyl sites for hydroxylation is 3. The molecule has 1 saturated heterocycles. The first kappa shape index (κ1) is 18.9. The molecule has 2 aliphatic rings. The molecular formula is C21H22N4O4. The highest BCUT2D eigenvalue weighted by Gasteiger charge is 2.55. The van der Waals surface area contributed by atoms with E-state index >= 15 is 0 Å². The number of hydrogen-bond donors (Lipinski definition) is 3. The number of amides is 4. The molecule has 0 radical (unpaired) electrons. The SMILES string of the molecule is Cc1cc(C)c(CNC(=O)CN2C(=O)NC3(CCc4ccccc43)C2=O)c(=O)[nH]1. The smallest absolute Gasteiger partial charge is 0.325 e. The van der Waals surface area contributed by atoms with Crippen LogP contribution in [-0.4, -0.2) is 34.3 Å². The Morgan fingerprint density at radius 1 is 1.21 bits per heavy atom. The number of nitrogens with zero attached hydrogens (tertiary/aromatic N) is 1. The van der Waals surface area contributed by atoms with Gasteiger partial charge >= 0.3 is 6.03 Å². The molecule has 150 valence electrons. The first-order chi connectivity index (χ1) is 13.8. The van der Waals surface area contributed by atoms with E-state index in [2.05, 4.69) is 15.6 Å². The van der Waals surface area contributed by atoms with E-state index in [1.165, 1.54) is 0 Å². The van der Waals surface area contributed by atoms with Gasteiger partial charge in [-0.15, -0.1) is 0 Å². The van der Waals surface area contributed by atoms with Crippen molar-refractivity contribution in [1.82, 2.24) is 20.5 Å². The van der Waals surface area contributed by atoms with Crippen molar-refractivity contribution in [2.75, 3.05) is 6.54 Å². The zero-order valence-corrected chi connectivity index (χ0v) is 16.3. The molecule has 2 aromatic rings. The molecule has 1 fully saturated rings. The lowest BCUT2D eigenvalue weighted by Crippen LogP contribution is -2.44. The number of H-pyrrole nitrogens is 1. The van der Waals surface area contributed by atoms with E-state index in [1.807, 2.05) is 30.3 Å². The number of imide groups is 1. The molecule has 1 aliphatic heterocycles. The van der Waals surface area contributed by atoms with Crippen LogP contribution in [0.3, 0.4) is 0 Å². The maximum Gasteiger partial charge on any atom is 0.325 e. The van der Waals surface area contributed by atoms with E-state index in [0.29, 0.717) is 18.4 Å². The molecule has 8 nitrogen and oxygen atoms in total. The van der Waals surface area contributed by atoms with Crippen LogP contribution >= 0.6 is 0 Å². The van der Waals surface area contributed by atoms with Gasteiger partial charge in [0.25, 0.3) is 11.5 Å². The van der Waals surface area contributed by atoms with Crippen LogP contribution in [0.4, 0.5) is 4.79 Å². The molecule has 1 aromatic heterocycles. The second kappa shape index (κ2) is 6.88. The van der Waals surface area contributed by atoms with Crippen molar-refractivity contribution in [2.45, 2.75) is 38.8 Å². The van der Waals surface area contributed by atoms with Crippen LogP contribution in [0, 0.1) is 13.8 Å². The molecule has 1 atom stereocenters. The molecule has 1 spiro atoms. The molecule has 2 heterocycles. The van der Waals surface area contributed by atoms with Gasteiger partial charge in [0.2, 0.25) is 5.91 Å². The van der Waals surface area contributed by atoms with E-state index in [4.69, 9.17) is 0 Å². The number of urea groups is 1. The zero-order valence-electron chi connectivity index (χ0n) is 16.3. The standard InChI is InChI=1S/C21H22N4O4/c1-12-9-13(2)23-18(27)15(12)10-22-17(26)11-25-19(28)21(24-20(25)29)8-7-14-5-3-4-6-16(14)21/h3-6,9H,7-8,10-11H2,1-2H3,(H,22,26)(H,23,27)(H,24,29). The fraction of sp³-hybridized carbons (Fsp3) is 0.333. The maximum atomic E-state index is 13.1. The summed E-state index contributed by atoms with van der Waals surface area (Å²) >= 11 is 0. The van der Waals surface area contributed by atoms with E-state index in [1.54, 1.807) is 13.8 Å². The normalized spacial score (nSPS) is 20.1. The molecule has 4 rings (SSSR count). The predicted octanol–water partition coefficient (Wildman–Crippen LogP) is 1.00. The van der Waals surface area contributed by atoms with Crippen molar-refractivity contribution in [2.24, 2.45) is 0 Å². The number of carbonyl (C=O) groups is 3. The van der Waals surface area contributed by atoms with Crippen molar-refractivity contribution in [1.29, 1.82) is 0 Å². The highest BCUT2D eigenvalue weighted by molar-refractivity contribution is 6.09. The number of carbonyl (C=O) groups excluding carboxylic acids is 3. The fourth-order valence-electron chi connectivity index (χ4n) is 4.22. The van der Waals surface area contributed by atoms with Crippen LogP contribution in [-0.2, 0) is 28.1 Å². The molecule has 0 bridgehead atoms. The second-order valence-electron chi connectivity index (χ2n) is 7.60. The number of hydrogen-bond acceptors (Lipinski definition) is 4. The Morgan fingerprint density at radius 2 is 1.97 bits per heavy atom. The molecule has 1 aromatic carbocycles.